The van der Waals surface area contributed by atoms with Crippen molar-refractivity contribution in [3.63, 3.8) is 0 Å². The number of rotatable bonds is 7. The highest BCUT2D eigenvalue weighted by Gasteiger charge is 2.34. The predicted molar refractivity (Wildman–Crippen MR) is 83.4 cm³/mol. The van der Waals surface area contributed by atoms with Crippen LogP contribution in [-0.4, -0.2) is 47.0 Å². The second-order valence-corrected chi connectivity index (χ2v) is 7.35. The van der Waals surface area contributed by atoms with Gasteiger partial charge in [0.25, 0.3) is 0 Å². The van der Waals surface area contributed by atoms with Gasteiger partial charge in [0.2, 0.25) is 10.0 Å². The van der Waals surface area contributed by atoms with E-state index in [0.29, 0.717) is 18.7 Å². The summed E-state index contributed by atoms with van der Waals surface area (Å²) in [6.07, 6.45) is 4.48. The molecule has 0 aromatic carbocycles. The maximum absolute atomic E-state index is 12.7. The Morgan fingerprint density at radius 3 is 2.62 bits per heavy atom. The Kier molecular flexibility index (Phi) is 5.26. The Morgan fingerprint density at radius 1 is 1.48 bits per heavy atom. The standard InChI is InChI=1S/C13H19N3O3S2/c14-13(20)12-6-5-11(9-15-12)21(18,19)16(7-2-8-17)10-3-1-4-10/h5-6,9-10,17H,1-4,7-8H2,(H2,14,20). The molecule has 1 aliphatic carbocycles. The second kappa shape index (κ2) is 6.78. The summed E-state index contributed by atoms with van der Waals surface area (Å²) in [5.74, 6) is 0. The van der Waals surface area contributed by atoms with E-state index in [9.17, 15) is 8.42 Å². The van der Waals surface area contributed by atoms with Crippen molar-refractivity contribution in [3.05, 3.63) is 24.0 Å². The number of hydrogen-bond donors (Lipinski definition) is 2. The van der Waals surface area contributed by atoms with Crippen LogP contribution in [0.2, 0.25) is 0 Å². The Hall–Kier alpha value is -1.09. The van der Waals surface area contributed by atoms with E-state index < -0.39 is 10.0 Å². The molecule has 0 radical (unpaired) electrons. The van der Waals surface area contributed by atoms with Crippen LogP contribution in [0.3, 0.4) is 0 Å². The fourth-order valence-corrected chi connectivity index (χ4v) is 4.00. The van der Waals surface area contributed by atoms with Crippen molar-refractivity contribution < 1.29 is 13.5 Å². The van der Waals surface area contributed by atoms with Gasteiger partial charge in [0.15, 0.2) is 0 Å². The summed E-state index contributed by atoms with van der Waals surface area (Å²) in [5.41, 5.74) is 5.86. The molecule has 2 rings (SSSR count). The molecule has 1 aromatic heterocycles. The minimum atomic E-state index is -3.60. The van der Waals surface area contributed by atoms with Gasteiger partial charge in [0.1, 0.15) is 9.88 Å². The van der Waals surface area contributed by atoms with E-state index >= 15 is 0 Å². The second-order valence-electron chi connectivity index (χ2n) is 5.02. The lowest BCUT2D eigenvalue weighted by Crippen LogP contribution is -2.44. The van der Waals surface area contributed by atoms with Gasteiger partial charge in [-0.1, -0.05) is 18.6 Å². The first-order valence-electron chi connectivity index (χ1n) is 6.85. The molecule has 0 aliphatic heterocycles. The number of nitrogens with two attached hydrogens (primary N) is 1. The Bertz CT molecular complexity index is 598. The zero-order valence-electron chi connectivity index (χ0n) is 11.6. The molecule has 1 aliphatic rings. The maximum Gasteiger partial charge on any atom is 0.244 e. The van der Waals surface area contributed by atoms with Crippen molar-refractivity contribution in [1.82, 2.24) is 9.29 Å². The summed E-state index contributed by atoms with van der Waals surface area (Å²) in [6, 6.07) is 3.01. The monoisotopic (exact) mass is 329 g/mol. The van der Waals surface area contributed by atoms with Crippen LogP contribution in [-0.2, 0) is 10.0 Å². The molecule has 0 saturated heterocycles. The lowest BCUT2D eigenvalue weighted by Gasteiger charge is -2.36. The average molecular weight is 329 g/mol. The largest absolute Gasteiger partial charge is 0.396 e. The van der Waals surface area contributed by atoms with Gasteiger partial charge in [-0.2, -0.15) is 4.31 Å². The first kappa shape index (κ1) is 16.3. The number of aromatic nitrogens is 1. The van der Waals surface area contributed by atoms with Crippen LogP contribution in [0.5, 0.6) is 0 Å². The molecule has 0 spiro atoms. The van der Waals surface area contributed by atoms with E-state index in [1.807, 2.05) is 0 Å². The third-order valence-corrected chi connectivity index (χ3v) is 5.76. The summed E-state index contributed by atoms with van der Waals surface area (Å²) >= 11 is 4.80. The van der Waals surface area contributed by atoms with E-state index in [1.165, 1.54) is 22.6 Å². The number of aliphatic hydroxyl groups excluding tert-OH is 1. The number of aliphatic hydroxyl groups is 1. The molecule has 116 valence electrons. The minimum Gasteiger partial charge on any atom is -0.396 e. The lowest BCUT2D eigenvalue weighted by atomic mass is 9.93. The molecule has 8 heteroatoms. The van der Waals surface area contributed by atoms with Crippen LogP contribution in [0.25, 0.3) is 0 Å². The molecule has 0 bridgehead atoms. The highest BCUT2D eigenvalue weighted by Crippen LogP contribution is 2.29. The van der Waals surface area contributed by atoms with E-state index in [1.54, 1.807) is 0 Å². The molecule has 21 heavy (non-hydrogen) atoms. The van der Waals surface area contributed by atoms with E-state index in [4.69, 9.17) is 23.1 Å². The van der Waals surface area contributed by atoms with Crippen molar-refractivity contribution in [1.29, 1.82) is 0 Å². The first-order valence-corrected chi connectivity index (χ1v) is 8.70. The number of pyridine rings is 1. The number of nitrogens with zero attached hydrogens (tertiary/aromatic N) is 2. The quantitative estimate of drug-likeness (QED) is 0.713. The zero-order chi connectivity index (χ0) is 15.5. The summed E-state index contributed by atoms with van der Waals surface area (Å²) in [4.78, 5) is 4.26. The van der Waals surface area contributed by atoms with E-state index in [2.05, 4.69) is 4.98 Å². The third kappa shape index (κ3) is 3.57. The van der Waals surface area contributed by atoms with Gasteiger partial charge in [-0.25, -0.2) is 8.42 Å². The van der Waals surface area contributed by atoms with Gasteiger partial charge in [-0.3, -0.25) is 4.98 Å². The van der Waals surface area contributed by atoms with E-state index in [-0.39, 0.29) is 22.5 Å². The third-order valence-electron chi connectivity index (χ3n) is 3.61. The van der Waals surface area contributed by atoms with Crippen LogP contribution >= 0.6 is 12.2 Å². The van der Waals surface area contributed by atoms with Gasteiger partial charge in [-0.15, -0.1) is 0 Å². The van der Waals surface area contributed by atoms with Gasteiger partial charge >= 0.3 is 0 Å². The molecule has 1 aromatic rings. The van der Waals surface area contributed by atoms with Gasteiger partial charge in [-0.05, 0) is 31.4 Å². The lowest BCUT2D eigenvalue weighted by molar-refractivity contribution is 0.198. The predicted octanol–water partition coefficient (Wildman–Crippen LogP) is 0.641. The van der Waals surface area contributed by atoms with Gasteiger partial charge < -0.3 is 10.8 Å². The van der Waals surface area contributed by atoms with Crippen LogP contribution in [0, 0.1) is 0 Å². The zero-order valence-corrected chi connectivity index (χ0v) is 13.2. The van der Waals surface area contributed by atoms with E-state index in [0.717, 1.165) is 19.3 Å². The molecule has 1 saturated carbocycles. The maximum atomic E-state index is 12.7. The Labute approximate surface area is 130 Å². The number of thiocarbonyl (C=S) groups is 1. The van der Waals surface area contributed by atoms with Crippen LogP contribution in [0.1, 0.15) is 31.4 Å². The van der Waals surface area contributed by atoms with Crippen LogP contribution < -0.4 is 5.73 Å². The molecule has 0 unspecified atom stereocenters. The highest BCUT2D eigenvalue weighted by atomic mass is 32.2. The molecule has 0 amide bonds. The van der Waals surface area contributed by atoms with Gasteiger partial charge in [0.05, 0.1) is 5.69 Å². The van der Waals surface area contributed by atoms with Gasteiger partial charge in [0, 0.05) is 25.4 Å². The first-order chi connectivity index (χ1) is 9.96. The Morgan fingerprint density at radius 2 is 2.19 bits per heavy atom. The fourth-order valence-electron chi connectivity index (χ4n) is 2.21. The number of hydrogen-bond acceptors (Lipinski definition) is 5. The van der Waals surface area contributed by atoms with Crippen molar-refractivity contribution in [2.24, 2.45) is 5.73 Å². The normalized spacial score (nSPS) is 15.9. The van der Waals surface area contributed by atoms with Crippen molar-refractivity contribution in [3.8, 4) is 0 Å². The molecular formula is C13H19N3O3S2. The SMILES string of the molecule is NC(=S)c1ccc(S(=O)(=O)N(CCCO)C2CCC2)cn1. The summed E-state index contributed by atoms with van der Waals surface area (Å²) in [6.45, 7) is 0.290. The average Bonchev–Trinajstić information content (AvgIpc) is 2.41. The smallest absolute Gasteiger partial charge is 0.244 e. The Balaban J connectivity index is 2.26. The molecule has 3 N–H and O–H groups in total. The van der Waals surface area contributed by atoms with Crippen LogP contribution in [0.4, 0.5) is 0 Å². The summed E-state index contributed by atoms with van der Waals surface area (Å²) < 4.78 is 26.9. The number of sulfonamides is 1. The molecule has 6 nitrogen and oxygen atoms in total. The topological polar surface area (TPSA) is 96.5 Å². The fraction of sp³-hybridized carbons (Fsp3) is 0.538. The summed E-state index contributed by atoms with van der Waals surface area (Å²) in [7, 11) is -3.60. The van der Waals surface area contributed by atoms with Crippen molar-refractivity contribution in [2.45, 2.75) is 36.6 Å². The molecule has 1 heterocycles. The minimum absolute atomic E-state index is 0.0248. The molecular weight excluding hydrogens is 310 g/mol. The van der Waals surface area contributed by atoms with Crippen LogP contribution in [0.15, 0.2) is 23.2 Å². The van der Waals surface area contributed by atoms with Crippen molar-refractivity contribution in [2.75, 3.05) is 13.2 Å². The van der Waals surface area contributed by atoms with Crippen molar-refractivity contribution >= 4 is 27.2 Å². The summed E-state index contributed by atoms with van der Waals surface area (Å²) in [5, 5.41) is 8.96. The molecule has 0 atom stereocenters. The molecule has 1 fully saturated rings. The highest BCUT2D eigenvalue weighted by molar-refractivity contribution is 7.89.